The second-order valence-electron chi connectivity index (χ2n) is 3.60. The zero-order chi connectivity index (χ0) is 10.7. The van der Waals surface area contributed by atoms with E-state index in [9.17, 15) is 4.79 Å². The summed E-state index contributed by atoms with van der Waals surface area (Å²) in [5, 5.41) is 0. The number of amides is 1. The van der Waals surface area contributed by atoms with E-state index in [2.05, 4.69) is 15.0 Å². The number of carbonyl (C=O) groups excluding carboxylic acids is 1. The molecule has 0 radical (unpaired) electrons. The van der Waals surface area contributed by atoms with Gasteiger partial charge in [-0.3, -0.25) is 9.63 Å². The first-order valence-electron chi connectivity index (χ1n) is 4.91. The van der Waals surface area contributed by atoms with Gasteiger partial charge in [0.15, 0.2) is 0 Å². The van der Waals surface area contributed by atoms with Gasteiger partial charge in [-0.2, -0.15) is 5.48 Å². The Labute approximate surface area is 87.4 Å². The molecule has 6 heteroatoms. The van der Waals surface area contributed by atoms with Gasteiger partial charge in [0, 0.05) is 12.2 Å². The van der Waals surface area contributed by atoms with Gasteiger partial charge >= 0.3 is 0 Å². The third kappa shape index (κ3) is 2.77. The van der Waals surface area contributed by atoms with Crippen LogP contribution in [-0.2, 0) is 16.2 Å². The number of carbonyl (C=O) groups is 1. The third-order valence-corrected chi connectivity index (χ3v) is 2.26. The van der Waals surface area contributed by atoms with Crippen molar-refractivity contribution in [3.63, 3.8) is 0 Å². The number of nitrogens with one attached hydrogen (secondary N) is 1. The van der Waals surface area contributed by atoms with Crippen molar-refractivity contribution in [3.8, 4) is 0 Å². The Morgan fingerprint density at radius 1 is 1.73 bits per heavy atom. The summed E-state index contributed by atoms with van der Waals surface area (Å²) in [6.07, 6.45) is 6.04. The average molecular weight is 210 g/mol. The predicted octanol–water partition coefficient (Wildman–Crippen LogP) is -0.276. The summed E-state index contributed by atoms with van der Waals surface area (Å²) < 4.78 is 2.13. The average Bonchev–Trinajstić information content (AvgIpc) is 2.93. The van der Waals surface area contributed by atoms with Crippen LogP contribution in [0.4, 0.5) is 0 Å². The molecule has 0 saturated heterocycles. The summed E-state index contributed by atoms with van der Waals surface area (Å²) in [5.41, 5.74) is 8.66. The molecule has 1 heterocycles. The number of aromatic nitrogens is 2. The lowest BCUT2D eigenvalue weighted by molar-refractivity contribution is -0.125. The Kier molecular flexibility index (Phi) is 2.98. The molecule has 0 aliphatic heterocycles. The zero-order valence-electron chi connectivity index (χ0n) is 8.35. The Morgan fingerprint density at radius 3 is 3.20 bits per heavy atom. The van der Waals surface area contributed by atoms with Gasteiger partial charge in [0.05, 0.1) is 18.6 Å². The number of rotatable bonds is 6. The van der Waals surface area contributed by atoms with E-state index in [4.69, 9.17) is 10.6 Å². The molecule has 1 fully saturated rings. The van der Waals surface area contributed by atoms with E-state index in [0.717, 1.165) is 5.69 Å². The van der Waals surface area contributed by atoms with E-state index in [1.165, 1.54) is 12.8 Å². The van der Waals surface area contributed by atoms with Gasteiger partial charge in [0.1, 0.15) is 6.61 Å². The van der Waals surface area contributed by atoms with E-state index in [1.807, 2.05) is 6.33 Å². The van der Waals surface area contributed by atoms with Crippen molar-refractivity contribution in [1.29, 1.82) is 0 Å². The largest absolute Gasteiger partial charge is 0.368 e. The third-order valence-electron chi connectivity index (χ3n) is 2.26. The lowest BCUT2D eigenvalue weighted by Gasteiger charge is -2.07. The Bertz CT molecular complexity index is 346. The number of nitrogens with two attached hydrogens (primary N) is 1. The van der Waals surface area contributed by atoms with Crippen molar-refractivity contribution >= 4 is 5.91 Å². The van der Waals surface area contributed by atoms with Crippen molar-refractivity contribution in [2.45, 2.75) is 25.4 Å². The minimum Gasteiger partial charge on any atom is -0.368 e. The second-order valence-corrected chi connectivity index (χ2v) is 3.60. The van der Waals surface area contributed by atoms with Crippen LogP contribution >= 0.6 is 0 Å². The van der Waals surface area contributed by atoms with Crippen LogP contribution in [0.3, 0.4) is 0 Å². The topological polar surface area (TPSA) is 82.2 Å². The van der Waals surface area contributed by atoms with Crippen molar-refractivity contribution < 1.29 is 9.63 Å². The zero-order valence-corrected chi connectivity index (χ0v) is 8.35. The number of nitrogens with zero attached hydrogens (tertiary/aromatic N) is 2. The van der Waals surface area contributed by atoms with E-state index in [-0.39, 0.29) is 6.61 Å². The first kappa shape index (κ1) is 10.1. The molecule has 3 N–H and O–H groups in total. The lowest BCUT2D eigenvalue weighted by atomic mass is 10.4. The fraction of sp³-hybridized carbons (Fsp3) is 0.556. The molecule has 0 unspecified atom stereocenters. The molecule has 0 atom stereocenters. The van der Waals surface area contributed by atoms with Crippen LogP contribution in [0.2, 0.25) is 0 Å². The molecule has 1 saturated carbocycles. The molecule has 15 heavy (non-hydrogen) atoms. The van der Waals surface area contributed by atoms with E-state index in [0.29, 0.717) is 12.6 Å². The van der Waals surface area contributed by atoms with Crippen LogP contribution in [0.5, 0.6) is 0 Å². The van der Waals surface area contributed by atoms with Crippen molar-refractivity contribution in [2.75, 3.05) is 6.61 Å². The first-order valence-corrected chi connectivity index (χ1v) is 4.91. The minimum absolute atomic E-state index is 0.114. The van der Waals surface area contributed by atoms with Gasteiger partial charge in [-0.25, -0.2) is 4.98 Å². The lowest BCUT2D eigenvalue weighted by Crippen LogP contribution is -2.25. The molecule has 1 aromatic rings. The molecule has 0 aromatic carbocycles. The van der Waals surface area contributed by atoms with Gasteiger partial charge in [-0.1, -0.05) is 0 Å². The summed E-state index contributed by atoms with van der Waals surface area (Å²) in [5.74, 6) is -0.488. The van der Waals surface area contributed by atoms with E-state index in [1.54, 1.807) is 6.20 Å². The maximum absolute atomic E-state index is 10.4. The highest BCUT2D eigenvalue weighted by Gasteiger charge is 2.24. The molecule has 6 nitrogen and oxygen atoms in total. The highest BCUT2D eigenvalue weighted by molar-refractivity contribution is 5.74. The Balaban J connectivity index is 1.77. The van der Waals surface area contributed by atoms with Crippen LogP contribution in [-0.4, -0.2) is 22.1 Å². The number of imidazole rings is 1. The summed E-state index contributed by atoms with van der Waals surface area (Å²) in [7, 11) is 0. The Hall–Kier alpha value is -1.40. The van der Waals surface area contributed by atoms with Crippen molar-refractivity contribution in [1.82, 2.24) is 15.0 Å². The van der Waals surface area contributed by atoms with Crippen LogP contribution in [0.15, 0.2) is 12.5 Å². The van der Waals surface area contributed by atoms with Gasteiger partial charge in [-0.15, -0.1) is 0 Å². The van der Waals surface area contributed by atoms with Gasteiger partial charge < -0.3 is 10.3 Å². The Morgan fingerprint density at radius 2 is 2.53 bits per heavy atom. The molecule has 1 amide bonds. The molecular weight excluding hydrogens is 196 g/mol. The highest BCUT2D eigenvalue weighted by atomic mass is 16.6. The molecule has 1 aromatic heterocycles. The fourth-order valence-corrected chi connectivity index (χ4v) is 1.40. The molecular formula is C9H14N4O2. The molecule has 0 bridgehead atoms. The summed E-state index contributed by atoms with van der Waals surface area (Å²) >= 11 is 0. The molecule has 82 valence electrons. The van der Waals surface area contributed by atoms with Gasteiger partial charge in [0.2, 0.25) is 5.91 Å². The molecule has 0 spiro atoms. The highest BCUT2D eigenvalue weighted by Crippen LogP contribution is 2.35. The number of hydrogen-bond donors (Lipinski definition) is 2. The number of hydroxylamine groups is 1. The number of hydrogen-bond acceptors (Lipinski definition) is 4. The van der Waals surface area contributed by atoms with Crippen LogP contribution in [0.1, 0.15) is 24.6 Å². The van der Waals surface area contributed by atoms with E-state index < -0.39 is 5.91 Å². The van der Waals surface area contributed by atoms with Gasteiger partial charge in [0.25, 0.3) is 0 Å². The SMILES string of the molecule is NC(=O)CONCc1cncn1C1CC1. The van der Waals surface area contributed by atoms with E-state index >= 15 is 0 Å². The monoisotopic (exact) mass is 210 g/mol. The summed E-state index contributed by atoms with van der Waals surface area (Å²) in [6, 6.07) is 0.598. The number of primary amides is 1. The second kappa shape index (κ2) is 4.41. The summed E-state index contributed by atoms with van der Waals surface area (Å²) in [6.45, 7) is 0.418. The van der Waals surface area contributed by atoms with Crippen molar-refractivity contribution in [3.05, 3.63) is 18.2 Å². The maximum Gasteiger partial charge on any atom is 0.245 e. The quantitative estimate of drug-likeness (QED) is 0.500. The van der Waals surface area contributed by atoms with Crippen LogP contribution in [0, 0.1) is 0 Å². The predicted molar refractivity (Wildman–Crippen MR) is 52.5 cm³/mol. The smallest absolute Gasteiger partial charge is 0.245 e. The normalized spacial score (nSPS) is 15.5. The standard InChI is InChI=1S/C9H14N4O2/c10-9(14)5-15-12-4-8-3-11-6-13(8)7-1-2-7/h3,6-7,12H,1-2,4-5H2,(H2,10,14). The first-order chi connectivity index (χ1) is 7.27. The molecule has 2 rings (SSSR count). The van der Waals surface area contributed by atoms with Crippen LogP contribution in [0.25, 0.3) is 0 Å². The van der Waals surface area contributed by atoms with Gasteiger partial charge in [-0.05, 0) is 12.8 Å². The minimum atomic E-state index is -0.488. The van der Waals surface area contributed by atoms with Crippen LogP contribution < -0.4 is 11.2 Å². The maximum atomic E-state index is 10.4. The fourth-order valence-electron chi connectivity index (χ4n) is 1.40. The molecule has 1 aliphatic carbocycles. The molecule has 1 aliphatic rings. The summed E-state index contributed by atoms with van der Waals surface area (Å²) in [4.78, 5) is 19.3. The van der Waals surface area contributed by atoms with Crippen molar-refractivity contribution in [2.24, 2.45) is 5.73 Å².